The van der Waals surface area contributed by atoms with Crippen LogP contribution in [0.4, 0.5) is 0 Å². The zero-order valence-electron chi connectivity index (χ0n) is 9.73. The number of hydrogen-bond acceptors (Lipinski definition) is 2. The summed E-state index contributed by atoms with van der Waals surface area (Å²) in [7, 11) is 0. The summed E-state index contributed by atoms with van der Waals surface area (Å²) in [6, 6.07) is 8.15. The lowest BCUT2D eigenvalue weighted by atomic mass is 10.1. The normalized spacial score (nSPS) is 19.1. The molecule has 0 saturated carbocycles. The Morgan fingerprint density at radius 2 is 2.06 bits per heavy atom. The van der Waals surface area contributed by atoms with Crippen LogP contribution in [0.3, 0.4) is 0 Å². The quantitative estimate of drug-likeness (QED) is 0.772. The van der Waals surface area contributed by atoms with Gasteiger partial charge >= 0.3 is 0 Å². The van der Waals surface area contributed by atoms with Crippen molar-refractivity contribution in [1.29, 1.82) is 0 Å². The number of halogens is 1. The van der Waals surface area contributed by atoms with Crippen LogP contribution < -0.4 is 0 Å². The average Bonchev–Trinajstić information content (AvgIpc) is 2.75. The molecule has 1 aliphatic rings. The number of nitrogens with zero attached hydrogens (tertiary/aromatic N) is 3. The van der Waals surface area contributed by atoms with Crippen LogP contribution >= 0.6 is 11.6 Å². The van der Waals surface area contributed by atoms with E-state index < -0.39 is 0 Å². The Labute approximate surface area is 105 Å². The first-order valence-corrected chi connectivity index (χ1v) is 6.33. The number of rotatable bonds is 1. The molecule has 1 unspecified atom stereocenters. The number of aryl methyl sites for hydroxylation is 1. The molecule has 0 aliphatic carbocycles. The van der Waals surface area contributed by atoms with Crippen molar-refractivity contribution in [2.45, 2.75) is 32.2 Å². The summed E-state index contributed by atoms with van der Waals surface area (Å²) < 4.78 is 2.06. The van der Waals surface area contributed by atoms with Gasteiger partial charge in [0.05, 0.1) is 6.04 Å². The maximum absolute atomic E-state index is 5.88. The first-order valence-electron chi connectivity index (χ1n) is 5.95. The van der Waals surface area contributed by atoms with E-state index in [0.29, 0.717) is 6.04 Å². The summed E-state index contributed by atoms with van der Waals surface area (Å²) in [6.07, 6.45) is 3.43. The fraction of sp³-hybridized carbons (Fsp3) is 0.385. The molecule has 0 saturated heterocycles. The lowest BCUT2D eigenvalue weighted by Crippen LogP contribution is -2.16. The zero-order valence-corrected chi connectivity index (χ0v) is 10.5. The van der Waals surface area contributed by atoms with Crippen LogP contribution in [0.15, 0.2) is 24.3 Å². The number of aromatic nitrogens is 3. The average molecular weight is 248 g/mol. The van der Waals surface area contributed by atoms with E-state index in [-0.39, 0.29) is 0 Å². The van der Waals surface area contributed by atoms with Crippen molar-refractivity contribution in [2.75, 3.05) is 0 Å². The van der Waals surface area contributed by atoms with E-state index in [1.54, 1.807) is 0 Å². The highest BCUT2D eigenvalue weighted by atomic mass is 35.5. The standard InChI is InChI=1S/C13H14ClN3/c1-9-3-2-4-12-15-13(16-17(9)12)10-5-7-11(14)8-6-10/h5-9H,2-4H2,1H3. The van der Waals surface area contributed by atoms with Gasteiger partial charge in [-0.25, -0.2) is 9.67 Å². The molecular weight excluding hydrogens is 234 g/mol. The summed E-state index contributed by atoms with van der Waals surface area (Å²) in [4.78, 5) is 4.61. The van der Waals surface area contributed by atoms with E-state index >= 15 is 0 Å². The van der Waals surface area contributed by atoms with E-state index in [9.17, 15) is 0 Å². The second kappa shape index (κ2) is 4.15. The van der Waals surface area contributed by atoms with Crippen LogP contribution in [0.1, 0.15) is 31.6 Å². The molecule has 88 valence electrons. The number of fused-ring (bicyclic) bond motifs is 1. The highest BCUT2D eigenvalue weighted by Gasteiger charge is 2.19. The Bertz CT molecular complexity index is 530. The van der Waals surface area contributed by atoms with Gasteiger partial charge in [-0.05, 0) is 44.0 Å². The molecule has 3 rings (SSSR count). The molecule has 1 atom stereocenters. The number of hydrogen-bond donors (Lipinski definition) is 0. The van der Waals surface area contributed by atoms with E-state index in [4.69, 9.17) is 11.6 Å². The minimum Gasteiger partial charge on any atom is -0.247 e. The maximum atomic E-state index is 5.88. The maximum Gasteiger partial charge on any atom is 0.181 e. The van der Waals surface area contributed by atoms with E-state index in [1.165, 1.54) is 12.8 Å². The molecule has 0 spiro atoms. The fourth-order valence-electron chi connectivity index (χ4n) is 2.28. The van der Waals surface area contributed by atoms with Crippen LogP contribution in [-0.2, 0) is 6.42 Å². The third-order valence-corrected chi connectivity index (χ3v) is 3.50. The molecule has 0 bridgehead atoms. The van der Waals surface area contributed by atoms with Crippen molar-refractivity contribution in [3.8, 4) is 11.4 Å². The zero-order chi connectivity index (χ0) is 11.8. The van der Waals surface area contributed by atoms with Crippen LogP contribution in [0.5, 0.6) is 0 Å². The molecule has 0 radical (unpaired) electrons. The van der Waals surface area contributed by atoms with Gasteiger partial charge in [0.25, 0.3) is 0 Å². The third-order valence-electron chi connectivity index (χ3n) is 3.24. The van der Waals surface area contributed by atoms with Crippen LogP contribution in [0.25, 0.3) is 11.4 Å². The van der Waals surface area contributed by atoms with Gasteiger partial charge in [-0.2, -0.15) is 5.10 Å². The molecule has 2 heterocycles. The Morgan fingerprint density at radius 3 is 2.76 bits per heavy atom. The number of benzene rings is 1. The fourth-order valence-corrected chi connectivity index (χ4v) is 2.40. The second-order valence-corrected chi connectivity index (χ2v) is 4.98. The monoisotopic (exact) mass is 247 g/mol. The second-order valence-electron chi connectivity index (χ2n) is 4.54. The van der Waals surface area contributed by atoms with Gasteiger partial charge < -0.3 is 0 Å². The first-order chi connectivity index (χ1) is 8.24. The predicted octanol–water partition coefficient (Wildman–Crippen LogP) is 3.50. The van der Waals surface area contributed by atoms with Gasteiger partial charge in [-0.3, -0.25) is 0 Å². The minimum absolute atomic E-state index is 0.465. The molecule has 1 aromatic carbocycles. The molecule has 17 heavy (non-hydrogen) atoms. The summed E-state index contributed by atoms with van der Waals surface area (Å²) in [5, 5.41) is 5.34. The molecule has 1 aliphatic heterocycles. The van der Waals surface area contributed by atoms with Crippen molar-refractivity contribution in [1.82, 2.24) is 14.8 Å². The molecule has 0 fully saturated rings. The Hall–Kier alpha value is -1.35. The molecule has 0 amide bonds. The van der Waals surface area contributed by atoms with E-state index in [2.05, 4.69) is 21.7 Å². The summed E-state index contributed by atoms with van der Waals surface area (Å²) in [5.74, 6) is 1.92. The SMILES string of the molecule is CC1CCCc2nc(-c3ccc(Cl)cc3)nn21. The molecule has 1 aromatic heterocycles. The highest BCUT2D eigenvalue weighted by Crippen LogP contribution is 2.26. The van der Waals surface area contributed by atoms with Gasteiger partial charge in [-0.15, -0.1) is 0 Å². The summed E-state index contributed by atoms with van der Waals surface area (Å²) in [5.41, 5.74) is 1.03. The van der Waals surface area contributed by atoms with Gasteiger partial charge in [0.1, 0.15) is 5.82 Å². The van der Waals surface area contributed by atoms with Crippen LogP contribution in [0.2, 0.25) is 5.02 Å². The molecule has 3 nitrogen and oxygen atoms in total. The largest absolute Gasteiger partial charge is 0.247 e. The van der Waals surface area contributed by atoms with Gasteiger partial charge in [0.2, 0.25) is 0 Å². The van der Waals surface area contributed by atoms with E-state index in [1.807, 2.05) is 24.3 Å². The third kappa shape index (κ3) is 1.95. The van der Waals surface area contributed by atoms with Gasteiger partial charge in [0, 0.05) is 17.0 Å². The molecule has 0 N–H and O–H groups in total. The van der Waals surface area contributed by atoms with Crippen LogP contribution in [-0.4, -0.2) is 14.8 Å². The van der Waals surface area contributed by atoms with Gasteiger partial charge in [0.15, 0.2) is 5.82 Å². The molecule has 2 aromatic rings. The lowest BCUT2D eigenvalue weighted by Gasteiger charge is -2.18. The predicted molar refractivity (Wildman–Crippen MR) is 68.1 cm³/mol. The van der Waals surface area contributed by atoms with Crippen LogP contribution in [0, 0.1) is 0 Å². The van der Waals surface area contributed by atoms with Gasteiger partial charge in [-0.1, -0.05) is 11.6 Å². The first kappa shape index (κ1) is 10.8. The Kier molecular flexibility index (Phi) is 2.63. The topological polar surface area (TPSA) is 30.7 Å². The van der Waals surface area contributed by atoms with Crippen molar-refractivity contribution in [3.05, 3.63) is 35.1 Å². The lowest BCUT2D eigenvalue weighted by molar-refractivity contribution is 0.389. The summed E-state index contributed by atoms with van der Waals surface area (Å²) in [6.45, 7) is 2.20. The van der Waals surface area contributed by atoms with Crippen molar-refractivity contribution in [3.63, 3.8) is 0 Å². The smallest absolute Gasteiger partial charge is 0.181 e. The van der Waals surface area contributed by atoms with Crippen molar-refractivity contribution in [2.24, 2.45) is 0 Å². The summed E-state index contributed by atoms with van der Waals surface area (Å²) >= 11 is 5.88. The van der Waals surface area contributed by atoms with Crippen molar-refractivity contribution < 1.29 is 0 Å². The molecular formula is C13H14ClN3. The highest BCUT2D eigenvalue weighted by molar-refractivity contribution is 6.30. The van der Waals surface area contributed by atoms with E-state index in [0.717, 1.165) is 28.7 Å². The molecule has 4 heteroatoms. The Morgan fingerprint density at radius 1 is 1.29 bits per heavy atom. The minimum atomic E-state index is 0.465. The Balaban J connectivity index is 2.02. The van der Waals surface area contributed by atoms with Crippen molar-refractivity contribution >= 4 is 11.6 Å².